The number of piperidine rings is 2. The molecule has 2 heterocycles. The third kappa shape index (κ3) is 7.73. The molecule has 9 heteroatoms. The highest BCUT2D eigenvalue weighted by Crippen LogP contribution is 2.34. The molecule has 0 aliphatic carbocycles. The molecule has 4 rings (SSSR count). The second-order valence-electron chi connectivity index (χ2n) is 11.5. The van der Waals surface area contributed by atoms with Gasteiger partial charge in [0.15, 0.2) is 0 Å². The molecule has 2 fully saturated rings. The van der Waals surface area contributed by atoms with E-state index >= 15 is 0 Å². The van der Waals surface area contributed by atoms with E-state index in [0.717, 1.165) is 15.6 Å². The van der Waals surface area contributed by atoms with E-state index in [1.807, 2.05) is 75.4 Å². The summed E-state index contributed by atoms with van der Waals surface area (Å²) in [5.74, 6) is -0.835. The third-order valence-corrected chi connectivity index (χ3v) is 7.90. The van der Waals surface area contributed by atoms with Gasteiger partial charge in [-0.1, -0.05) is 58.4 Å². The van der Waals surface area contributed by atoms with E-state index in [4.69, 9.17) is 4.74 Å². The highest BCUT2D eigenvalue weighted by Gasteiger charge is 2.37. The molecule has 2 N–H and O–H groups in total. The van der Waals surface area contributed by atoms with Crippen LogP contribution in [0.25, 0.3) is 6.08 Å². The van der Waals surface area contributed by atoms with Crippen LogP contribution < -0.4 is 5.32 Å². The molecule has 0 aromatic heterocycles. The Morgan fingerprint density at radius 3 is 2.12 bits per heavy atom. The molecule has 3 amide bonds. The van der Waals surface area contributed by atoms with Crippen LogP contribution in [0.2, 0.25) is 0 Å². The molecular weight excluding hydrogens is 574 g/mol. The Bertz CT molecular complexity index is 1220. The summed E-state index contributed by atoms with van der Waals surface area (Å²) in [5.41, 5.74) is 0.250. The van der Waals surface area contributed by atoms with Gasteiger partial charge in [-0.15, -0.1) is 0 Å². The van der Waals surface area contributed by atoms with E-state index in [1.54, 1.807) is 15.9 Å². The number of nitrogens with one attached hydrogen (secondary N) is 1. The lowest BCUT2D eigenvalue weighted by Gasteiger charge is -2.39. The Hall–Kier alpha value is -3.17. The molecule has 0 bridgehead atoms. The molecule has 214 valence electrons. The van der Waals surface area contributed by atoms with E-state index in [9.17, 15) is 19.5 Å². The predicted molar refractivity (Wildman–Crippen MR) is 157 cm³/mol. The van der Waals surface area contributed by atoms with Crippen LogP contribution in [0.5, 0.6) is 0 Å². The van der Waals surface area contributed by atoms with Gasteiger partial charge < -0.3 is 25.0 Å². The summed E-state index contributed by atoms with van der Waals surface area (Å²) in [5, 5.41) is 14.2. The number of halogens is 1. The SMILES string of the molecule is CC(C)(C)OC(=O)N1CCC(C(=O)NC(=Cc2ccccc2)C(=O)N2CCC(O)(c3ccc(Br)cc3)CC2)CC1. The van der Waals surface area contributed by atoms with Gasteiger partial charge in [-0.25, -0.2) is 4.79 Å². The number of hydrogen-bond acceptors (Lipinski definition) is 5. The Labute approximate surface area is 244 Å². The molecule has 2 aromatic carbocycles. The third-order valence-electron chi connectivity index (χ3n) is 7.38. The second-order valence-corrected chi connectivity index (χ2v) is 12.4. The highest BCUT2D eigenvalue weighted by atomic mass is 79.9. The average Bonchev–Trinajstić information content (AvgIpc) is 2.93. The van der Waals surface area contributed by atoms with Gasteiger partial charge in [-0.05, 0) is 75.8 Å². The number of aliphatic hydroxyl groups is 1. The van der Waals surface area contributed by atoms with Crippen LogP contribution in [0, 0.1) is 5.92 Å². The van der Waals surface area contributed by atoms with Crippen molar-refractivity contribution in [3.05, 3.63) is 75.9 Å². The van der Waals surface area contributed by atoms with Gasteiger partial charge in [0.1, 0.15) is 11.3 Å². The van der Waals surface area contributed by atoms with Gasteiger partial charge in [0.05, 0.1) is 5.60 Å². The first-order valence-electron chi connectivity index (χ1n) is 13.8. The zero-order valence-electron chi connectivity index (χ0n) is 23.4. The minimum absolute atomic E-state index is 0.208. The molecule has 2 saturated heterocycles. The van der Waals surface area contributed by atoms with E-state index < -0.39 is 11.2 Å². The van der Waals surface area contributed by atoms with Crippen molar-refractivity contribution in [3.8, 4) is 0 Å². The molecular formula is C31H38BrN3O5. The van der Waals surface area contributed by atoms with Crippen molar-refractivity contribution in [2.45, 2.75) is 57.7 Å². The Balaban J connectivity index is 1.42. The highest BCUT2D eigenvalue weighted by molar-refractivity contribution is 9.10. The van der Waals surface area contributed by atoms with Gasteiger partial charge in [0.25, 0.3) is 5.91 Å². The van der Waals surface area contributed by atoms with E-state index in [-0.39, 0.29) is 29.5 Å². The van der Waals surface area contributed by atoms with Crippen molar-refractivity contribution in [2.75, 3.05) is 26.2 Å². The minimum atomic E-state index is -1.01. The molecule has 40 heavy (non-hydrogen) atoms. The number of carbonyl (C=O) groups is 3. The molecule has 2 aromatic rings. The van der Waals surface area contributed by atoms with Crippen molar-refractivity contribution >= 4 is 39.9 Å². The lowest BCUT2D eigenvalue weighted by molar-refractivity contribution is -0.134. The van der Waals surface area contributed by atoms with Crippen LogP contribution >= 0.6 is 15.9 Å². The van der Waals surface area contributed by atoms with Crippen molar-refractivity contribution in [3.63, 3.8) is 0 Å². The van der Waals surface area contributed by atoms with Crippen molar-refractivity contribution in [1.82, 2.24) is 15.1 Å². The van der Waals surface area contributed by atoms with E-state index in [2.05, 4.69) is 21.2 Å². The van der Waals surface area contributed by atoms with Crippen molar-refractivity contribution in [1.29, 1.82) is 0 Å². The van der Waals surface area contributed by atoms with E-state index in [0.29, 0.717) is 51.9 Å². The van der Waals surface area contributed by atoms with Crippen LogP contribution in [0.15, 0.2) is 64.8 Å². The van der Waals surface area contributed by atoms with Gasteiger partial charge in [0, 0.05) is 36.6 Å². The topological polar surface area (TPSA) is 99.2 Å². The summed E-state index contributed by atoms with van der Waals surface area (Å²) < 4.78 is 6.40. The van der Waals surface area contributed by atoms with Crippen molar-refractivity contribution in [2.24, 2.45) is 5.92 Å². The van der Waals surface area contributed by atoms with Crippen molar-refractivity contribution < 1.29 is 24.2 Å². The average molecular weight is 613 g/mol. The summed E-state index contributed by atoms with van der Waals surface area (Å²) in [6.07, 6.45) is 3.10. The summed E-state index contributed by atoms with van der Waals surface area (Å²) in [7, 11) is 0. The molecule has 8 nitrogen and oxygen atoms in total. The standard InChI is InChI=1S/C31H38BrN3O5/c1-30(2,3)40-29(38)35-17-13-23(14-18-35)27(36)33-26(21-22-7-5-4-6-8-22)28(37)34-19-15-31(39,16-20-34)24-9-11-25(32)12-10-24/h4-12,21,23,39H,13-20H2,1-3H3,(H,33,36). The zero-order chi connectivity index (χ0) is 28.9. The lowest BCUT2D eigenvalue weighted by atomic mass is 9.84. The van der Waals surface area contributed by atoms with E-state index in [1.165, 1.54) is 0 Å². The number of nitrogens with zero attached hydrogens (tertiary/aromatic N) is 2. The zero-order valence-corrected chi connectivity index (χ0v) is 24.9. The largest absolute Gasteiger partial charge is 0.444 e. The second kappa shape index (κ2) is 12.6. The van der Waals surface area contributed by atoms with Gasteiger partial charge in [0.2, 0.25) is 5.91 Å². The predicted octanol–water partition coefficient (Wildman–Crippen LogP) is 5.06. The Kier molecular flexibility index (Phi) is 9.36. The number of amides is 3. The summed E-state index contributed by atoms with van der Waals surface area (Å²) >= 11 is 3.43. The molecule has 0 unspecified atom stereocenters. The first-order valence-corrected chi connectivity index (χ1v) is 14.6. The lowest BCUT2D eigenvalue weighted by Crippen LogP contribution is -2.48. The maximum atomic E-state index is 13.7. The van der Waals surface area contributed by atoms with Crippen LogP contribution in [-0.4, -0.2) is 64.6 Å². The number of ether oxygens (including phenoxy) is 1. The van der Waals surface area contributed by atoms with Gasteiger partial charge in [-0.3, -0.25) is 9.59 Å². The maximum Gasteiger partial charge on any atom is 0.410 e. The van der Waals surface area contributed by atoms with Crippen LogP contribution in [0.4, 0.5) is 4.79 Å². The molecule has 2 aliphatic rings. The molecule has 2 aliphatic heterocycles. The van der Waals surface area contributed by atoms with Crippen LogP contribution in [0.3, 0.4) is 0 Å². The smallest absolute Gasteiger partial charge is 0.410 e. The van der Waals surface area contributed by atoms with Crippen LogP contribution in [-0.2, 0) is 19.9 Å². The summed E-state index contributed by atoms with van der Waals surface area (Å²) in [6, 6.07) is 17.0. The number of carbonyl (C=O) groups excluding carboxylic acids is 3. The number of rotatable bonds is 5. The van der Waals surface area contributed by atoms with Gasteiger partial charge in [-0.2, -0.15) is 0 Å². The Morgan fingerprint density at radius 1 is 0.950 bits per heavy atom. The molecule has 0 spiro atoms. The fraction of sp³-hybridized carbons (Fsp3) is 0.452. The summed E-state index contributed by atoms with van der Waals surface area (Å²) in [6.45, 7) is 7.04. The normalized spacial score (nSPS) is 18.3. The summed E-state index contributed by atoms with van der Waals surface area (Å²) in [4.78, 5) is 42.7. The fourth-order valence-electron chi connectivity index (χ4n) is 5.05. The van der Waals surface area contributed by atoms with Gasteiger partial charge >= 0.3 is 6.09 Å². The first-order chi connectivity index (χ1) is 18.9. The Morgan fingerprint density at radius 2 is 1.55 bits per heavy atom. The number of hydrogen-bond donors (Lipinski definition) is 2. The quantitative estimate of drug-likeness (QED) is 0.460. The number of likely N-dealkylation sites (tertiary alicyclic amines) is 2. The molecule has 0 radical (unpaired) electrons. The first kappa shape index (κ1) is 29.8. The molecule has 0 saturated carbocycles. The monoisotopic (exact) mass is 611 g/mol. The maximum absolute atomic E-state index is 13.7. The van der Waals surface area contributed by atoms with Crippen LogP contribution in [0.1, 0.15) is 57.6 Å². The number of benzene rings is 2. The fourth-order valence-corrected chi connectivity index (χ4v) is 5.32. The minimum Gasteiger partial charge on any atom is -0.444 e. The molecule has 0 atom stereocenters.